The Kier molecular flexibility index (Phi) is 4.15. The van der Waals surface area contributed by atoms with Gasteiger partial charge in [0.05, 0.1) is 18.8 Å². The molecule has 0 aromatic heterocycles. The Morgan fingerprint density at radius 1 is 1.44 bits per heavy atom. The summed E-state index contributed by atoms with van der Waals surface area (Å²) in [6.45, 7) is 4.63. The highest BCUT2D eigenvalue weighted by Crippen LogP contribution is 2.30. The number of fused-ring (bicyclic) bond motifs is 1. The molecule has 2 atom stereocenters. The van der Waals surface area contributed by atoms with Gasteiger partial charge in [-0.25, -0.2) is 0 Å². The van der Waals surface area contributed by atoms with Crippen molar-refractivity contribution in [3.8, 4) is 0 Å². The van der Waals surface area contributed by atoms with Crippen LogP contribution in [0, 0.1) is 5.92 Å². The quantitative estimate of drug-likeness (QED) is 0.887. The molecule has 0 spiro atoms. The normalized spacial score (nSPS) is 20.6. The van der Waals surface area contributed by atoms with Crippen molar-refractivity contribution in [2.24, 2.45) is 11.7 Å². The average Bonchev–Trinajstić information content (AvgIpc) is 2.38. The van der Waals surface area contributed by atoms with Gasteiger partial charge in [-0.2, -0.15) is 0 Å². The molecule has 1 aromatic carbocycles. The van der Waals surface area contributed by atoms with Crippen molar-refractivity contribution >= 4 is 5.78 Å². The molecule has 1 aliphatic rings. The van der Waals surface area contributed by atoms with Crippen LogP contribution in [0.4, 0.5) is 0 Å². The summed E-state index contributed by atoms with van der Waals surface area (Å²) in [5.74, 6) is 0.267. The zero-order chi connectivity index (χ0) is 13.1. The van der Waals surface area contributed by atoms with Crippen molar-refractivity contribution in [3.05, 3.63) is 35.4 Å². The Labute approximate surface area is 108 Å². The predicted octanol–water partition coefficient (Wildman–Crippen LogP) is 2.24. The third-order valence-corrected chi connectivity index (χ3v) is 3.57. The van der Waals surface area contributed by atoms with Gasteiger partial charge in [-0.15, -0.1) is 0 Å². The minimum Gasteiger partial charge on any atom is -0.373 e. The van der Waals surface area contributed by atoms with Crippen molar-refractivity contribution < 1.29 is 9.53 Å². The van der Waals surface area contributed by atoms with Crippen LogP contribution < -0.4 is 5.73 Å². The highest BCUT2D eigenvalue weighted by atomic mass is 16.5. The van der Waals surface area contributed by atoms with Crippen LogP contribution in [-0.2, 0) is 16.0 Å². The molecular weight excluding hydrogens is 226 g/mol. The molecule has 2 unspecified atom stereocenters. The molecule has 0 aliphatic carbocycles. The number of carbonyl (C=O) groups is 1. The topological polar surface area (TPSA) is 52.3 Å². The number of Topliss-reactive ketones (excluding diaryl/α,β-unsaturated/α-hetero) is 1. The van der Waals surface area contributed by atoms with E-state index in [1.165, 1.54) is 5.56 Å². The minimum atomic E-state index is -0.386. The number of nitrogens with two attached hydrogens (primary N) is 1. The average molecular weight is 247 g/mol. The number of hydrogen-bond acceptors (Lipinski definition) is 3. The summed E-state index contributed by atoms with van der Waals surface area (Å²) in [7, 11) is 0. The highest BCUT2D eigenvalue weighted by molar-refractivity contribution is 5.84. The first-order valence-electron chi connectivity index (χ1n) is 6.57. The molecule has 0 saturated heterocycles. The molecule has 1 aliphatic heterocycles. The number of ketones is 1. The van der Waals surface area contributed by atoms with Crippen molar-refractivity contribution in [1.29, 1.82) is 0 Å². The van der Waals surface area contributed by atoms with Crippen molar-refractivity contribution in [3.63, 3.8) is 0 Å². The molecule has 0 radical (unpaired) electrons. The van der Waals surface area contributed by atoms with Crippen LogP contribution in [0.2, 0.25) is 0 Å². The summed E-state index contributed by atoms with van der Waals surface area (Å²) >= 11 is 0. The number of carbonyl (C=O) groups excluding carboxylic acids is 1. The molecule has 1 aromatic rings. The summed E-state index contributed by atoms with van der Waals surface area (Å²) in [6, 6.07) is 7.80. The van der Waals surface area contributed by atoms with E-state index in [1.54, 1.807) is 0 Å². The van der Waals surface area contributed by atoms with Crippen LogP contribution >= 0.6 is 0 Å². The highest BCUT2D eigenvalue weighted by Gasteiger charge is 2.26. The first kappa shape index (κ1) is 13.2. The Bertz CT molecular complexity index is 428. The maximum atomic E-state index is 12.1. The van der Waals surface area contributed by atoms with E-state index in [0.717, 1.165) is 12.0 Å². The number of rotatable bonds is 4. The van der Waals surface area contributed by atoms with Crippen molar-refractivity contribution in [2.75, 3.05) is 6.61 Å². The molecule has 18 heavy (non-hydrogen) atoms. The maximum Gasteiger partial charge on any atom is 0.152 e. The van der Waals surface area contributed by atoms with Gasteiger partial charge >= 0.3 is 0 Å². The van der Waals surface area contributed by atoms with Crippen LogP contribution in [0.25, 0.3) is 0 Å². The summed E-state index contributed by atoms with van der Waals surface area (Å²) in [5.41, 5.74) is 8.33. The van der Waals surface area contributed by atoms with Gasteiger partial charge in [0.15, 0.2) is 5.78 Å². The minimum absolute atomic E-state index is 0.0895. The maximum absolute atomic E-state index is 12.1. The standard InChI is InChI=1S/C15H21NO2/c1-10(2)15(16)13(17)9-14-12-6-4-3-5-11(12)7-8-18-14/h3-6,10,14-15H,7-9,16H2,1-2H3. The lowest BCUT2D eigenvalue weighted by Crippen LogP contribution is -2.37. The third kappa shape index (κ3) is 2.79. The lowest BCUT2D eigenvalue weighted by Gasteiger charge is -2.27. The summed E-state index contributed by atoms with van der Waals surface area (Å²) in [6.07, 6.45) is 1.19. The lowest BCUT2D eigenvalue weighted by atomic mass is 9.91. The fourth-order valence-electron chi connectivity index (χ4n) is 2.34. The second-order valence-electron chi connectivity index (χ2n) is 5.25. The Morgan fingerprint density at radius 3 is 2.89 bits per heavy atom. The molecular formula is C15H21NO2. The number of ether oxygens (including phenoxy) is 1. The predicted molar refractivity (Wildman–Crippen MR) is 71.3 cm³/mol. The fraction of sp³-hybridized carbons (Fsp3) is 0.533. The van der Waals surface area contributed by atoms with Crippen LogP contribution in [0.3, 0.4) is 0 Å². The smallest absolute Gasteiger partial charge is 0.152 e. The molecule has 98 valence electrons. The van der Waals surface area contributed by atoms with Crippen molar-refractivity contribution in [1.82, 2.24) is 0 Å². The largest absolute Gasteiger partial charge is 0.373 e. The van der Waals surface area contributed by atoms with E-state index < -0.39 is 0 Å². The Balaban J connectivity index is 2.10. The van der Waals surface area contributed by atoms with Crippen LogP contribution in [0.15, 0.2) is 24.3 Å². The summed E-state index contributed by atoms with van der Waals surface area (Å²) in [4.78, 5) is 12.1. The van der Waals surface area contributed by atoms with E-state index in [0.29, 0.717) is 13.0 Å². The van der Waals surface area contributed by atoms with E-state index in [9.17, 15) is 4.79 Å². The molecule has 0 saturated carbocycles. The van der Waals surface area contributed by atoms with Gasteiger partial charge in [0.25, 0.3) is 0 Å². The third-order valence-electron chi connectivity index (χ3n) is 3.57. The van der Waals surface area contributed by atoms with Crippen LogP contribution in [0.5, 0.6) is 0 Å². The molecule has 2 rings (SSSR count). The molecule has 0 fully saturated rings. The molecule has 2 N–H and O–H groups in total. The van der Waals surface area contributed by atoms with Gasteiger partial charge in [0.2, 0.25) is 0 Å². The fourth-order valence-corrected chi connectivity index (χ4v) is 2.34. The Morgan fingerprint density at radius 2 is 2.17 bits per heavy atom. The van der Waals surface area contributed by atoms with Crippen LogP contribution in [-0.4, -0.2) is 18.4 Å². The van der Waals surface area contributed by atoms with E-state index in [1.807, 2.05) is 32.0 Å². The molecule has 1 heterocycles. The molecule has 3 nitrogen and oxygen atoms in total. The number of hydrogen-bond donors (Lipinski definition) is 1. The number of benzene rings is 1. The van der Waals surface area contributed by atoms with Gasteiger partial charge in [0, 0.05) is 6.42 Å². The van der Waals surface area contributed by atoms with Gasteiger partial charge in [-0.1, -0.05) is 38.1 Å². The summed E-state index contributed by atoms with van der Waals surface area (Å²) in [5, 5.41) is 0. The zero-order valence-corrected chi connectivity index (χ0v) is 11.1. The van der Waals surface area contributed by atoms with E-state index in [4.69, 9.17) is 10.5 Å². The van der Waals surface area contributed by atoms with Gasteiger partial charge in [-0.05, 0) is 23.5 Å². The van der Waals surface area contributed by atoms with Crippen molar-refractivity contribution in [2.45, 2.75) is 38.8 Å². The zero-order valence-electron chi connectivity index (χ0n) is 11.1. The first-order valence-corrected chi connectivity index (χ1v) is 6.57. The SMILES string of the molecule is CC(C)C(N)C(=O)CC1OCCc2ccccc21. The molecule has 3 heteroatoms. The second kappa shape index (κ2) is 5.63. The first-order chi connectivity index (χ1) is 8.59. The van der Waals surface area contributed by atoms with E-state index >= 15 is 0 Å². The molecule has 0 amide bonds. The Hall–Kier alpha value is -1.19. The molecule has 0 bridgehead atoms. The van der Waals surface area contributed by atoms with Gasteiger partial charge in [-0.3, -0.25) is 4.79 Å². The van der Waals surface area contributed by atoms with Gasteiger partial charge in [0.1, 0.15) is 0 Å². The lowest BCUT2D eigenvalue weighted by molar-refractivity contribution is -0.124. The van der Waals surface area contributed by atoms with Crippen LogP contribution in [0.1, 0.15) is 37.5 Å². The van der Waals surface area contributed by atoms with Gasteiger partial charge < -0.3 is 10.5 Å². The second-order valence-corrected chi connectivity index (χ2v) is 5.25. The van der Waals surface area contributed by atoms with E-state index in [-0.39, 0.29) is 23.8 Å². The monoisotopic (exact) mass is 247 g/mol. The van der Waals surface area contributed by atoms with E-state index in [2.05, 4.69) is 6.07 Å². The summed E-state index contributed by atoms with van der Waals surface area (Å²) < 4.78 is 5.73.